The van der Waals surface area contributed by atoms with Gasteiger partial charge in [-0.15, -0.1) is 0 Å². The van der Waals surface area contributed by atoms with E-state index < -0.39 is 11.7 Å². The summed E-state index contributed by atoms with van der Waals surface area (Å²) in [4.78, 5) is 43.9. The van der Waals surface area contributed by atoms with Crippen LogP contribution in [0.15, 0.2) is 73.1 Å². The maximum absolute atomic E-state index is 13.0. The second kappa shape index (κ2) is 13.4. The van der Waals surface area contributed by atoms with Crippen LogP contribution in [0.1, 0.15) is 49.2 Å². The van der Waals surface area contributed by atoms with Crippen molar-refractivity contribution in [1.29, 1.82) is 0 Å². The number of hydrogen-bond donors (Lipinski definition) is 4. The quantitative estimate of drug-likeness (QED) is 0.289. The molecular formula is C29H36N6O4. The Hall–Kier alpha value is -4.44. The first-order valence-corrected chi connectivity index (χ1v) is 12.6. The Labute approximate surface area is 229 Å². The number of carbonyl (C=O) groups is 3. The Morgan fingerprint density at radius 2 is 1.56 bits per heavy atom. The van der Waals surface area contributed by atoms with Gasteiger partial charge in [0.05, 0.1) is 29.3 Å². The van der Waals surface area contributed by atoms with Gasteiger partial charge in [-0.3, -0.25) is 15.1 Å². The van der Waals surface area contributed by atoms with Crippen LogP contribution in [-0.2, 0) is 4.74 Å². The van der Waals surface area contributed by atoms with E-state index >= 15 is 0 Å². The predicted molar refractivity (Wildman–Crippen MR) is 153 cm³/mol. The van der Waals surface area contributed by atoms with Crippen molar-refractivity contribution in [3.05, 3.63) is 84.2 Å². The van der Waals surface area contributed by atoms with Gasteiger partial charge in [-0.1, -0.05) is 24.3 Å². The van der Waals surface area contributed by atoms with Crippen LogP contribution >= 0.6 is 0 Å². The topological polar surface area (TPSA) is 125 Å². The van der Waals surface area contributed by atoms with Crippen LogP contribution in [0.2, 0.25) is 0 Å². The molecule has 2 aromatic carbocycles. The molecular weight excluding hydrogens is 496 g/mol. The van der Waals surface area contributed by atoms with Gasteiger partial charge in [-0.2, -0.15) is 0 Å². The Bertz CT molecular complexity index is 1260. The largest absolute Gasteiger partial charge is 0.444 e. The lowest BCUT2D eigenvalue weighted by Crippen LogP contribution is -2.34. The Morgan fingerprint density at radius 1 is 0.897 bits per heavy atom. The average Bonchev–Trinajstić information content (AvgIpc) is 2.87. The fraction of sp³-hybridized carbons (Fsp3) is 0.310. The minimum absolute atomic E-state index is 0.278. The van der Waals surface area contributed by atoms with Gasteiger partial charge in [0, 0.05) is 11.8 Å². The Kier molecular flexibility index (Phi) is 9.99. The van der Waals surface area contributed by atoms with E-state index in [-0.39, 0.29) is 18.0 Å². The molecule has 1 unspecified atom stereocenters. The number of pyridine rings is 1. The molecule has 1 heterocycles. The summed E-state index contributed by atoms with van der Waals surface area (Å²) in [5.41, 5.74) is 2.09. The molecule has 1 atom stereocenters. The molecule has 0 fully saturated rings. The average molecular weight is 533 g/mol. The summed E-state index contributed by atoms with van der Waals surface area (Å²) in [5, 5.41) is 11.3. The van der Waals surface area contributed by atoms with Crippen LogP contribution in [0.5, 0.6) is 0 Å². The van der Waals surface area contributed by atoms with Crippen LogP contribution < -0.4 is 21.3 Å². The van der Waals surface area contributed by atoms with Crippen molar-refractivity contribution in [2.24, 2.45) is 0 Å². The number of ether oxygens (including phenoxy) is 1. The van der Waals surface area contributed by atoms with Crippen LogP contribution in [0, 0.1) is 0 Å². The molecule has 10 nitrogen and oxygen atoms in total. The number of amides is 4. The fourth-order valence-corrected chi connectivity index (χ4v) is 3.65. The number of aromatic nitrogens is 1. The Balaban J connectivity index is 1.69. The number of anilines is 3. The van der Waals surface area contributed by atoms with E-state index in [1.165, 1.54) is 0 Å². The normalized spacial score (nSPS) is 11.8. The van der Waals surface area contributed by atoms with Gasteiger partial charge >= 0.3 is 12.1 Å². The summed E-state index contributed by atoms with van der Waals surface area (Å²) in [6.45, 7) is 6.08. The van der Waals surface area contributed by atoms with Crippen LogP contribution in [0.3, 0.4) is 0 Å². The van der Waals surface area contributed by atoms with Gasteiger partial charge in [-0.05, 0) is 89.8 Å². The van der Waals surface area contributed by atoms with E-state index in [0.717, 1.165) is 12.1 Å². The SMILES string of the molecule is CN(C)CCC(NC(=O)Nc1cccnc1)c1ccc(C(=O)Nc2ccccc2NC(=O)OC(C)(C)C)cc1. The summed E-state index contributed by atoms with van der Waals surface area (Å²) >= 11 is 0. The highest BCUT2D eigenvalue weighted by Gasteiger charge is 2.19. The van der Waals surface area contributed by atoms with Crippen molar-refractivity contribution in [2.75, 3.05) is 36.6 Å². The van der Waals surface area contributed by atoms with E-state index in [2.05, 4.69) is 26.3 Å². The first-order chi connectivity index (χ1) is 18.5. The maximum atomic E-state index is 13.0. The molecule has 0 saturated carbocycles. The minimum Gasteiger partial charge on any atom is -0.444 e. The number of hydrogen-bond acceptors (Lipinski definition) is 6. The number of rotatable bonds is 9. The number of urea groups is 1. The number of nitrogens with one attached hydrogen (secondary N) is 4. The monoisotopic (exact) mass is 532 g/mol. The molecule has 4 amide bonds. The standard InChI is InChI=1S/C29H36N6O4/c1-29(2,3)39-28(38)34-25-11-7-6-10-24(25)32-26(36)21-14-12-20(13-15-21)23(16-18-35(4)5)33-27(37)31-22-9-8-17-30-19-22/h6-15,17,19,23H,16,18H2,1-5H3,(H,32,36)(H,34,38)(H2,31,33,37). The molecule has 0 bridgehead atoms. The number of para-hydroxylation sites is 2. The number of carbonyl (C=O) groups excluding carboxylic acids is 3. The molecule has 4 N–H and O–H groups in total. The third-order valence-corrected chi connectivity index (χ3v) is 5.48. The molecule has 1 aromatic heterocycles. The highest BCUT2D eigenvalue weighted by molar-refractivity contribution is 6.06. The molecule has 3 aromatic rings. The zero-order valence-electron chi connectivity index (χ0n) is 22.9. The second-order valence-electron chi connectivity index (χ2n) is 10.2. The lowest BCUT2D eigenvalue weighted by atomic mass is 10.0. The van der Waals surface area contributed by atoms with Crippen molar-refractivity contribution < 1.29 is 19.1 Å². The van der Waals surface area contributed by atoms with E-state index in [4.69, 9.17) is 4.74 Å². The number of benzene rings is 2. The van der Waals surface area contributed by atoms with Crippen LogP contribution in [0.4, 0.5) is 26.7 Å². The van der Waals surface area contributed by atoms with Crippen molar-refractivity contribution >= 4 is 35.1 Å². The van der Waals surface area contributed by atoms with Gasteiger partial charge < -0.3 is 25.6 Å². The zero-order valence-corrected chi connectivity index (χ0v) is 22.9. The van der Waals surface area contributed by atoms with E-state index in [1.807, 2.05) is 31.1 Å². The van der Waals surface area contributed by atoms with Gasteiger partial charge in [0.15, 0.2) is 0 Å². The zero-order chi connectivity index (χ0) is 28.4. The summed E-state index contributed by atoms with van der Waals surface area (Å²) in [6.07, 6.45) is 3.26. The van der Waals surface area contributed by atoms with Crippen molar-refractivity contribution in [3.8, 4) is 0 Å². The third kappa shape index (κ3) is 9.75. The van der Waals surface area contributed by atoms with Gasteiger partial charge in [0.25, 0.3) is 5.91 Å². The molecule has 0 aliphatic heterocycles. The Morgan fingerprint density at radius 3 is 2.15 bits per heavy atom. The summed E-state index contributed by atoms with van der Waals surface area (Å²) in [5.74, 6) is -0.341. The fourth-order valence-electron chi connectivity index (χ4n) is 3.65. The van der Waals surface area contributed by atoms with Crippen molar-refractivity contribution in [2.45, 2.75) is 38.8 Å². The second-order valence-corrected chi connectivity index (χ2v) is 10.2. The highest BCUT2D eigenvalue weighted by atomic mass is 16.6. The first kappa shape index (κ1) is 29.1. The van der Waals surface area contributed by atoms with Gasteiger partial charge in [0.2, 0.25) is 0 Å². The maximum Gasteiger partial charge on any atom is 0.412 e. The molecule has 0 aliphatic rings. The van der Waals surface area contributed by atoms with Gasteiger partial charge in [-0.25, -0.2) is 9.59 Å². The molecule has 206 valence electrons. The molecule has 0 radical (unpaired) electrons. The predicted octanol–water partition coefficient (Wildman–Crippen LogP) is 5.50. The molecule has 0 spiro atoms. The smallest absolute Gasteiger partial charge is 0.412 e. The lowest BCUT2D eigenvalue weighted by Gasteiger charge is -2.22. The third-order valence-electron chi connectivity index (χ3n) is 5.48. The van der Waals surface area contributed by atoms with Crippen molar-refractivity contribution in [1.82, 2.24) is 15.2 Å². The molecule has 0 aliphatic carbocycles. The first-order valence-electron chi connectivity index (χ1n) is 12.6. The summed E-state index contributed by atoms with van der Waals surface area (Å²) < 4.78 is 5.31. The van der Waals surface area contributed by atoms with E-state index in [0.29, 0.717) is 29.0 Å². The van der Waals surface area contributed by atoms with Crippen molar-refractivity contribution in [3.63, 3.8) is 0 Å². The minimum atomic E-state index is -0.650. The molecule has 10 heteroatoms. The molecule has 0 saturated heterocycles. The van der Waals surface area contributed by atoms with Crippen LogP contribution in [0.25, 0.3) is 0 Å². The van der Waals surface area contributed by atoms with Gasteiger partial charge in [0.1, 0.15) is 5.60 Å². The van der Waals surface area contributed by atoms with Crippen LogP contribution in [-0.4, -0.2) is 54.2 Å². The van der Waals surface area contributed by atoms with E-state index in [9.17, 15) is 14.4 Å². The lowest BCUT2D eigenvalue weighted by molar-refractivity contribution is 0.0635. The summed E-state index contributed by atoms with van der Waals surface area (Å²) in [7, 11) is 3.94. The van der Waals surface area contributed by atoms with E-state index in [1.54, 1.807) is 81.7 Å². The molecule has 3 rings (SSSR count). The molecule has 39 heavy (non-hydrogen) atoms. The summed E-state index contributed by atoms with van der Waals surface area (Å²) in [6, 6.07) is 16.8. The number of nitrogens with zero attached hydrogens (tertiary/aromatic N) is 2. The highest BCUT2D eigenvalue weighted by Crippen LogP contribution is 2.24.